The van der Waals surface area contributed by atoms with E-state index in [9.17, 15) is 4.39 Å². The van der Waals surface area contributed by atoms with E-state index in [2.05, 4.69) is 15.6 Å². The SMILES string of the molecule is CNc1cccc(Nc2c(Cl)cc(F)cc2Cl)n1. The van der Waals surface area contributed by atoms with Crippen LogP contribution in [0, 0.1) is 5.82 Å². The molecule has 0 radical (unpaired) electrons. The van der Waals surface area contributed by atoms with Crippen LogP contribution in [0.4, 0.5) is 21.7 Å². The molecule has 1 heterocycles. The Balaban J connectivity index is 2.33. The maximum Gasteiger partial charge on any atom is 0.132 e. The summed E-state index contributed by atoms with van der Waals surface area (Å²) in [5.41, 5.74) is 0.431. The number of aromatic nitrogens is 1. The molecule has 0 aliphatic heterocycles. The molecule has 6 heteroatoms. The van der Waals surface area contributed by atoms with Crippen molar-refractivity contribution in [1.29, 1.82) is 0 Å². The van der Waals surface area contributed by atoms with E-state index in [-0.39, 0.29) is 10.0 Å². The number of pyridine rings is 1. The summed E-state index contributed by atoms with van der Waals surface area (Å²) in [6.07, 6.45) is 0. The molecular formula is C12H10Cl2FN3. The lowest BCUT2D eigenvalue weighted by atomic mass is 10.3. The highest BCUT2D eigenvalue weighted by molar-refractivity contribution is 6.39. The second-order valence-corrected chi connectivity index (χ2v) is 4.34. The fourth-order valence-corrected chi connectivity index (χ4v) is 1.99. The lowest BCUT2D eigenvalue weighted by Crippen LogP contribution is -1.98. The molecule has 0 aliphatic rings. The Morgan fingerprint density at radius 2 is 1.72 bits per heavy atom. The van der Waals surface area contributed by atoms with Crippen LogP contribution in [0.25, 0.3) is 0 Å². The van der Waals surface area contributed by atoms with Crippen molar-refractivity contribution < 1.29 is 4.39 Å². The molecular weight excluding hydrogens is 276 g/mol. The van der Waals surface area contributed by atoms with Gasteiger partial charge in [-0.05, 0) is 24.3 Å². The van der Waals surface area contributed by atoms with Gasteiger partial charge in [0, 0.05) is 7.05 Å². The summed E-state index contributed by atoms with van der Waals surface area (Å²) in [6, 6.07) is 7.79. The minimum atomic E-state index is -0.479. The van der Waals surface area contributed by atoms with Gasteiger partial charge in [-0.2, -0.15) is 0 Å². The molecule has 0 bridgehead atoms. The molecule has 3 nitrogen and oxygen atoms in total. The van der Waals surface area contributed by atoms with E-state index < -0.39 is 5.82 Å². The van der Waals surface area contributed by atoms with Gasteiger partial charge in [-0.15, -0.1) is 0 Å². The van der Waals surface area contributed by atoms with Gasteiger partial charge in [0.05, 0.1) is 15.7 Å². The Morgan fingerprint density at radius 1 is 1.11 bits per heavy atom. The van der Waals surface area contributed by atoms with Crippen LogP contribution in [-0.2, 0) is 0 Å². The van der Waals surface area contributed by atoms with Crippen molar-refractivity contribution in [3.63, 3.8) is 0 Å². The quantitative estimate of drug-likeness (QED) is 0.882. The number of hydrogen-bond donors (Lipinski definition) is 2. The highest BCUT2D eigenvalue weighted by Crippen LogP contribution is 2.33. The minimum Gasteiger partial charge on any atom is -0.373 e. The van der Waals surface area contributed by atoms with Crippen molar-refractivity contribution in [3.8, 4) is 0 Å². The van der Waals surface area contributed by atoms with Crippen molar-refractivity contribution in [2.75, 3.05) is 17.7 Å². The smallest absolute Gasteiger partial charge is 0.132 e. The van der Waals surface area contributed by atoms with E-state index in [1.165, 1.54) is 12.1 Å². The van der Waals surface area contributed by atoms with Crippen molar-refractivity contribution in [2.45, 2.75) is 0 Å². The average Bonchev–Trinajstić information content (AvgIpc) is 2.34. The van der Waals surface area contributed by atoms with Gasteiger partial charge < -0.3 is 10.6 Å². The largest absolute Gasteiger partial charge is 0.373 e. The van der Waals surface area contributed by atoms with Gasteiger partial charge >= 0.3 is 0 Å². The number of rotatable bonds is 3. The molecule has 94 valence electrons. The lowest BCUT2D eigenvalue weighted by Gasteiger charge is -2.10. The molecule has 2 rings (SSSR count). The molecule has 0 saturated heterocycles. The van der Waals surface area contributed by atoms with Crippen molar-refractivity contribution >= 4 is 40.5 Å². The number of nitrogens with one attached hydrogen (secondary N) is 2. The third kappa shape index (κ3) is 2.83. The Labute approximate surface area is 114 Å². The van der Waals surface area contributed by atoms with Crippen LogP contribution < -0.4 is 10.6 Å². The number of halogens is 3. The van der Waals surface area contributed by atoms with Crippen molar-refractivity contribution in [2.24, 2.45) is 0 Å². The summed E-state index contributed by atoms with van der Waals surface area (Å²) in [7, 11) is 1.77. The second kappa shape index (κ2) is 5.42. The van der Waals surface area contributed by atoms with Crippen LogP contribution in [0.1, 0.15) is 0 Å². The Kier molecular flexibility index (Phi) is 3.89. The maximum absolute atomic E-state index is 13.0. The third-order valence-electron chi connectivity index (χ3n) is 2.27. The Hall–Kier alpha value is -1.52. The zero-order valence-electron chi connectivity index (χ0n) is 9.47. The van der Waals surface area contributed by atoms with Gasteiger partial charge in [-0.25, -0.2) is 9.37 Å². The van der Waals surface area contributed by atoms with Crippen LogP contribution >= 0.6 is 23.2 Å². The van der Waals surface area contributed by atoms with Crippen LogP contribution in [0.5, 0.6) is 0 Å². The first-order valence-electron chi connectivity index (χ1n) is 5.16. The highest BCUT2D eigenvalue weighted by Gasteiger charge is 2.09. The molecule has 2 N–H and O–H groups in total. The van der Waals surface area contributed by atoms with Crippen LogP contribution in [-0.4, -0.2) is 12.0 Å². The zero-order valence-corrected chi connectivity index (χ0v) is 11.0. The molecule has 2 aromatic rings. The minimum absolute atomic E-state index is 0.205. The first kappa shape index (κ1) is 12.9. The standard InChI is InChI=1S/C12H10Cl2FN3/c1-16-10-3-2-4-11(17-10)18-12-8(13)5-7(15)6-9(12)14/h2-6H,1H3,(H2,16,17,18). The normalized spacial score (nSPS) is 10.2. The van der Waals surface area contributed by atoms with Crippen molar-refractivity contribution in [3.05, 3.63) is 46.2 Å². The van der Waals surface area contributed by atoms with E-state index in [1.807, 2.05) is 12.1 Å². The van der Waals surface area contributed by atoms with Crippen molar-refractivity contribution in [1.82, 2.24) is 4.98 Å². The molecule has 1 aromatic carbocycles. The summed E-state index contributed by atoms with van der Waals surface area (Å²) < 4.78 is 13.0. The molecule has 0 aliphatic carbocycles. The van der Waals surface area contributed by atoms with Gasteiger partial charge in [-0.3, -0.25) is 0 Å². The maximum atomic E-state index is 13.0. The predicted molar refractivity (Wildman–Crippen MR) is 73.5 cm³/mol. The van der Waals surface area contributed by atoms with Gasteiger partial charge in [0.15, 0.2) is 0 Å². The Morgan fingerprint density at radius 3 is 2.33 bits per heavy atom. The topological polar surface area (TPSA) is 37.0 Å². The highest BCUT2D eigenvalue weighted by atomic mass is 35.5. The van der Waals surface area contributed by atoms with E-state index in [0.717, 1.165) is 0 Å². The molecule has 18 heavy (non-hydrogen) atoms. The molecule has 0 unspecified atom stereocenters. The molecule has 0 fully saturated rings. The first-order valence-corrected chi connectivity index (χ1v) is 5.92. The van der Waals surface area contributed by atoms with Gasteiger partial charge in [-0.1, -0.05) is 29.3 Å². The third-order valence-corrected chi connectivity index (χ3v) is 2.86. The first-order chi connectivity index (χ1) is 8.60. The number of hydrogen-bond acceptors (Lipinski definition) is 3. The molecule has 0 saturated carbocycles. The molecule has 1 aromatic heterocycles. The van der Waals surface area contributed by atoms with Crippen LogP contribution in [0.3, 0.4) is 0 Å². The molecule has 0 spiro atoms. The fourth-order valence-electron chi connectivity index (χ4n) is 1.43. The number of benzene rings is 1. The number of nitrogens with zero attached hydrogens (tertiary/aromatic N) is 1. The molecule has 0 atom stereocenters. The van der Waals surface area contributed by atoms with E-state index in [0.29, 0.717) is 17.3 Å². The monoisotopic (exact) mass is 285 g/mol. The summed E-state index contributed by atoms with van der Waals surface area (Å²) >= 11 is 11.9. The van der Waals surface area contributed by atoms with E-state index in [1.54, 1.807) is 13.1 Å². The van der Waals surface area contributed by atoms with Crippen LogP contribution in [0.2, 0.25) is 10.0 Å². The average molecular weight is 286 g/mol. The summed E-state index contributed by atoms with van der Waals surface area (Å²) in [6.45, 7) is 0. The summed E-state index contributed by atoms with van der Waals surface area (Å²) in [4.78, 5) is 4.26. The lowest BCUT2D eigenvalue weighted by molar-refractivity contribution is 0.628. The second-order valence-electron chi connectivity index (χ2n) is 3.53. The van der Waals surface area contributed by atoms with Crippen LogP contribution in [0.15, 0.2) is 30.3 Å². The summed E-state index contributed by atoms with van der Waals surface area (Å²) in [5.74, 6) is 0.791. The zero-order chi connectivity index (χ0) is 13.1. The van der Waals surface area contributed by atoms with E-state index >= 15 is 0 Å². The van der Waals surface area contributed by atoms with Gasteiger partial charge in [0.1, 0.15) is 17.5 Å². The van der Waals surface area contributed by atoms with Gasteiger partial charge in [0.2, 0.25) is 0 Å². The van der Waals surface area contributed by atoms with E-state index in [4.69, 9.17) is 23.2 Å². The van der Waals surface area contributed by atoms with Gasteiger partial charge in [0.25, 0.3) is 0 Å². The predicted octanol–water partition coefficient (Wildman–Crippen LogP) is 4.31. The molecule has 0 amide bonds. The fraction of sp³-hybridized carbons (Fsp3) is 0.0833. The number of anilines is 3. The summed E-state index contributed by atoms with van der Waals surface area (Å²) in [5, 5.41) is 6.29. The Bertz CT molecular complexity index is 552.